The van der Waals surface area contributed by atoms with Crippen molar-refractivity contribution in [2.24, 2.45) is 0 Å². The molecule has 1 heterocycles. The predicted octanol–water partition coefficient (Wildman–Crippen LogP) is 4.00. The zero-order valence-corrected chi connectivity index (χ0v) is 13.1. The van der Waals surface area contributed by atoms with E-state index in [-0.39, 0.29) is 12.5 Å². The molecule has 0 spiro atoms. The maximum absolute atomic E-state index is 11.9. The summed E-state index contributed by atoms with van der Waals surface area (Å²) in [6.07, 6.45) is 0. The van der Waals surface area contributed by atoms with Gasteiger partial charge in [-0.2, -0.15) is 0 Å². The topological polar surface area (TPSA) is 38.3 Å². The van der Waals surface area contributed by atoms with Crippen LogP contribution in [-0.2, 0) is 4.79 Å². The van der Waals surface area contributed by atoms with Crippen LogP contribution < -0.4 is 10.1 Å². The summed E-state index contributed by atoms with van der Waals surface area (Å²) in [5.41, 5.74) is 3.28. The van der Waals surface area contributed by atoms with Crippen LogP contribution in [0.1, 0.15) is 21.6 Å². The molecule has 3 nitrogen and oxygen atoms in total. The normalized spacial score (nSPS) is 10.4. The number of hydrogen-bond acceptors (Lipinski definition) is 3. The monoisotopic (exact) mass is 289 g/mol. The molecule has 0 unspecified atom stereocenters. The third-order valence-corrected chi connectivity index (χ3v) is 4.25. The highest BCUT2D eigenvalue weighted by atomic mass is 32.1. The molecule has 2 rings (SSSR count). The Bertz CT molecular complexity index is 592. The molecule has 0 radical (unpaired) electrons. The number of carbonyl (C=O) groups is 1. The zero-order chi connectivity index (χ0) is 14.7. The summed E-state index contributed by atoms with van der Waals surface area (Å²) in [6, 6.07) is 7.92. The van der Waals surface area contributed by atoms with E-state index in [2.05, 4.69) is 5.32 Å². The summed E-state index contributed by atoms with van der Waals surface area (Å²) in [6.45, 7) is 8.07. The van der Waals surface area contributed by atoms with Gasteiger partial charge in [0, 0.05) is 4.88 Å². The molecule has 0 aliphatic carbocycles. The third-order valence-electron chi connectivity index (χ3n) is 3.18. The predicted molar refractivity (Wildman–Crippen MR) is 83.8 cm³/mol. The lowest BCUT2D eigenvalue weighted by molar-refractivity contribution is -0.118. The summed E-state index contributed by atoms with van der Waals surface area (Å²) < 4.78 is 5.63. The van der Waals surface area contributed by atoms with Gasteiger partial charge in [-0.3, -0.25) is 4.79 Å². The van der Waals surface area contributed by atoms with Crippen LogP contribution in [0.15, 0.2) is 24.3 Å². The van der Waals surface area contributed by atoms with Crippen LogP contribution in [0.5, 0.6) is 5.75 Å². The second kappa shape index (κ2) is 6.09. The van der Waals surface area contributed by atoms with E-state index in [1.807, 2.05) is 52.0 Å². The van der Waals surface area contributed by atoms with E-state index in [1.165, 1.54) is 10.4 Å². The maximum atomic E-state index is 11.9. The second-order valence-corrected chi connectivity index (χ2v) is 6.16. The van der Waals surface area contributed by atoms with Gasteiger partial charge in [-0.05, 0) is 50.5 Å². The smallest absolute Gasteiger partial charge is 0.262 e. The first-order valence-corrected chi connectivity index (χ1v) is 7.35. The fourth-order valence-corrected chi connectivity index (χ4v) is 2.92. The number of amides is 1. The standard InChI is InChI=1S/C16H19NO2S/c1-10-6-5-7-11(2)16(10)19-9-14(18)17-15-8-12(3)13(4)20-15/h5-8H,9H2,1-4H3,(H,17,18). The van der Waals surface area contributed by atoms with Gasteiger partial charge < -0.3 is 10.1 Å². The van der Waals surface area contributed by atoms with E-state index < -0.39 is 0 Å². The first-order chi connectivity index (χ1) is 9.47. The number of para-hydroxylation sites is 1. The number of aryl methyl sites for hydroxylation is 4. The van der Waals surface area contributed by atoms with Crippen LogP contribution in [0.4, 0.5) is 5.00 Å². The highest BCUT2D eigenvalue weighted by Crippen LogP contribution is 2.26. The molecule has 106 valence electrons. The van der Waals surface area contributed by atoms with Crippen molar-refractivity contribution in [3.8, 4) is 5.75 Å². The van der Waals surface area contributed by atoms with Gasteiger partial charge in [-0.1, -0.05) is 18.2 Å². The van der Waals surface area contributed by atoms with Gasteiger partial charge in [-0.25, -0.2) is 0 Å². The number of carbonyl (C=O) groups excluding carboxylic acids is 1. The van der Waals surface area contributed by atoms with Crippen molar-refractivity contribution >= 4 is 22.2 Å². The molecule has 20 heavy (non-hydrogen) atoms. The molecule has 2 aromatic rings. The molecule has 0 bridgehead atoms. The number of ether oxygens (including phenoxy) is 1. The van der Waals surface area contributed by atoms with Crippen molar-refractivity contribution in [3.63, 3.8) is 0 Å². The van der Waals surface area contributed by atoms with Crippen molar-refractivity contribution in [2.45, 2.75) is 27.7 Å². The molecule has 0 saturated heterocycles. The van der Waals surface area contributed by atoms with Crippen molar-refractivity contribution in [1.82, 2.24) is 0 Å². The fourth-order valence-electron chi connectivity index (χ4n) is 1.97. The van der Waals surface area contributed by atoms with Crippen LogP contribution in [0.3, 0.4) is 0 Å². The molecule has 0 aliphatic rings. The summed E-state index contributed by atoms with van der Waals surface area (Å²) in [5, 5.41) is 3.74. The Morgan fingerprint density at radius 1 is 1.15 bits per heavy atom. The summed E-state index contributed by atoms with van der Waals surface area (Å²) >= 11 is 1.58. The number of hydrogen-bond donors (Lipinski definition) is 1. The van der Waals surface area contributed by atoms with Crippen LogP contribution in [-0.4, -0.2) is 12.5 Å². The average molecular weight is 289 g/mol. The minimum absolute atomic E-state index is 0.0295. The van der Waals surface area contributed by atoms with Crippen molar-refractivity contribution in [3.05, 3.63) is 45.8 Å². The zero-order valence-electron chi connectivity index (χ0n) is 12.2. The van der Waals surface area contributed by atoms with Gasteiger partial charge in [0.05, 0.1) is 5.00 Å². The van der Waals surface area contributed by atoms with Crippen LogP contribution in [0.25, 0.3) is 0 Å². The van der Waals surface area contributed by atoms with Gasteiger partial charge in [0.25, 0.3) is 5.91 Å². The largest absolute Gasteiger partial charge is 0.483 e. The first-order valence-electron chi connectivity index (χ1n) is 6.53. The van der Waals surface area contributed by atoms with Crippen molar-refractivity contribution in [1.29, 1.82) is 0 Å². The molecule has 0 aliphatic heterocycles. The van der Waals surface area contributed by atoms with E-state index in [1.54, 1.807) is 11.3 Å². The molecular formula is C16H19NO2S. The Morgan fingerprint density at radius 3 is 2.35 bits per heavy atom. The fraction of sp³-hybridized carbons (Fsp3) is 0.312. The van der Waals surface area contributed by atoms with E-state index in [0.29, 0.717) is 0 Å². The second-order valence-electron chi connectivity index (χ2n) is 4.91. The Hall–Kier alpha value is -1.81. The summed E-state index contributed by atoms with van der Waals surface area (Å²) in [4.78, 5) is 13.1. The minimum Gasteiger partial charge on any atom is -0.483 e. The highest BCUT2D eigenvalue weighted by Gasteiger charge is 2.09. The summed E-state index contributed by atoms with van der Waals surface area (Å²) in [7, 11) is 0. The molecule has 0 saturated carbocycles. The molecule has 4 heteroatoms. The first kappa shape index (κ1) is 14.6. The van der Waals surface area contributed by atoms with Gasteiger partial charge in [-0.15, -0.1) is 11.3 Å². The van der Waals surface area contributed by atoms with Gasteiger partial charge in [0.1, 0.15) is 5.75 Å². The van der Waals surface area contributed by atoms with E-state index in [0.717, 1.165) is 21.9 Å². The van der Waals surface area contributed by atoms with E-state index >= 15 is 0 Å². The Balaban J connectivity index is 1.95. The highest BCUT2D eigenvalue weighted by molar-refractivity contribution is 7.16. The van der Waals surface area contributed by atoms with Crippen LogP contribution in [0.2, 0.25) is 0 Å². The lowest BCUT2D eigenvalue weighted by atomic mass is 10.1. The Labute approximate surface area is 123 Å². The van der Waals surface area contributed by atoms with Gasteiger partial charge in [0.15, 0.2) is 6.61 Å². The molecule has 1 aromatic heterocycles. The average Bonchev–Trinajstić information content (AvgIpc) is 2.67. The third kappa shape index (κ3) is 3.39. The number of benzene rings is 1. The lowest BCUT2D eigenvalue weighted by Crippen LogP contribution is -2.20. The Kier molecular flexibility index (Phi) is 4.45. The number of rotatable bonds is 4. The molecule has 1 amide bonds. The summed E-state index contributed by atoms with van der Waals surface area (Å²) in [5.74, 6) is 0.662. The maximum Gasteiger partial charge on any atom is 0.262 e. The lowest BCUT2D eigenvalue weighted by Gasteiger charge is -2.11. The SMILES string of the molecule is Cc1cc(NC(=O)COc2c(C)cccc2C)sc1C. The van der Waals surface area contributed by atoms with Crippen molar-refractivity contribution in [2.75, 3.05) is 11.9 Å². The molecule has 0 atom stereocenters. The van der Waals surface area contributed by atoms with Crippen LogP contribution >= 0.6 is 11.3 Å². The van der Waals surface area contributed by atoms with Gasteiger partial charge >= 0.3 is 0 Å². The Morgan fingerprint density at radius 2 is 1.80 bits per heavy atom. The van der Waals surface area contributed by atoms with Crippen molar-refractivity contribution < 1.29 is 9.53 Å². The number of thiophene rings is 1. The van der Waals surface area contributed by atoms with Crippen LogP contribution in [0, 0.1) is 27.7 Å². The molecule has 0 fully saturated rings. The quantitative estimate of drug-likeness (QED) is 0.924. The van der Waals surface area contributed by atoms with Gasteiger partial charge in [0.2, 0.25) is 0 Å². The number of anilines is 1. The molecule has 1 N–H and O–H groups in total. The minimum atomic E-state index is -0.131. The molecule has 1 aromatic carbocycles. The molecular weight excluding hydrogens is 270 g/mol. The number of nitrogens with one attached hydrogen (secondary N) is 1. The van der Waals surface area contributed by atoms with E-state index in [9.17, 15) is 4.79 Å². The van der Waals surface area contributed by atoms with E-state index in [4.69, 9.17) is 4.74 Å².